The number of rotatable bonds is 7. The van der Waals surface area contributed by atoms with E-state index in [1.165, 1.54) is 31.2 Å². The molecule has 0 saturated heterocycles. The molecule has 0 aromatic heterocycles. The van der Waals surface area contributed by atoms with Crippen LogP contribution in [0.2, 0.25) is 0 Å². The lowest BCUT2D eigenvalue weighted by atomic mass is 9.89. The Balaban J connectivity index is 1.94. The lowest BCUT2D eigenvalue weighted by Crippen LogP contribution is -2.13. The predicted molar refractivity (Wildman–Crippen MR) is 83.1 cm³/mol. The fourth-order valence-electron chi connectivity index (χ4n) is 2.95. The van der Waals surface area contributed by atoms with Gasteiger partial charge in [-0.15, -0.1) is 0 Å². The Morgan fingerprint density at radius 1 is 1.35 bits per heavy atom. The number of aliphatic hydroxyl groups is 1. The fraction of sp³-hybridized carbons (Fsp3) is 0.667. The molecule has 0 radical (unpaired) electrons. The number of hydrogen-bond acceptors (Lipinski definition) is 2. The van der Waals surface area contributed by atoms with E-state index >= 15 is 0 Å². The van der Waals surface area contributed by atoms with E-state index in [9.17, 15) is 5.11 Å². The first-order valence-corrected chi connectivity index (χ1v) is 8.18. The predicted octanol–water partition coefficient (Wildman–Crippen LogP) is 4.65. The van der Waals surface area contributed by atoms with E-state index in [1.807, 2.05) is 6.07 Å². The minimum atomic E-state index is -0.302. The molecule has 1 aromatic carbocycles. The molecular weight excluding hydrogens is 248 g/mol. The maximum absolute atomic E-state index is 10.1. The number of ether oxygens (including phenoxy) is 1. The van der Waals surface area contributed by atoms with Crippen LogP contribution in [0.25, 0.3) is 0 Å². The molecule has 1 aromatic rings. The van der Waals surface area contributed by atoms with Gasteiger partial charge in [0.1, 0.15) is 5.75 Å². The minimum absolute atomic E-state index is 0.302. The monoisotopic (exact) mass is 276 g/mol. The van der Waals surface area contributed by atoms with Gasteiger partial charge in [-0.2, -0.15) is 0 Å². The van der Waals surface area contributed by atoms with E-state index in [1.54, 1.807) is 0 Å². The van der Waals surface area contributed by atoms with Gasteiger partial charge in [-0.05, 0) is 54.9 Å². The number of fused-ring (bicyclic) bond motifs is 1. The zero-order chi connectivity index (χ0) is 14.4. The molecule has 0 fully saturated rings. The summed E-state index contributed by atoms with van der Waals surface area (Å²) in [5, 5.41) is 10.1. The van der Waals surface area contributed by atoms with Crippen molar-refractivity contribution >= 4 is 0 Å². The Morgan fingerprint density at radius 3 is 2.95 bits per heavy atom. The normalized spacial score (nSPS) is 19.4. The first-order chi connectivity index (χ1) is 9.74. The van der Waals surface area contributed by atoms with Gasteiger partial charge in [0.2, 0.25) is 0 Å². The Kier molecular flexibility index (Phi) is 5.90. The van der Waals surface area contributed by atoms with Gasteiger partial charge in [0, 0.05) is 0 Å². The van der Waals surface area contributed by atoms with Crippen LogP contribution in [0.15, 0.2) is 18.2 Å². The molecule has 0 amide bonds. The molecule has 0 heterocycles. The zero-order valence-corrected chi connectivity index (χ0v) is 12.9. The SMILES string of the molecule is CCCCC(CC)COc1ccc2c(c1)C(O)CCC2. The van der Waals surface area contributed by atoms with Crippen LogP contribution in [-0.4, -0.2) is 11.7 Å². The number of aryl methyl sites for hydroxylation is 1. The lowest BCUT2D eigenvalue weighted by Gasteiger charge is -2.22. The molecule has 2 nitrogen and oxygen atoms in total. The summed E-state index contributed by atoms with van der Waals surface area (Å²) < 4.78 is 5.96. The highest BCUT2D eigenvalue weighted by molar-refractivity contribution is 5.38. The van der Waals surface area contributed by atoms with Crippen LogP contribution in [0.4, 0.5) is 0 Å². The van der Waals surface area contributed by atoms with Gasteiger partial charge in [-0.25, -0.2) is 0 Å². The van der Waals surface area contributed by atoms with Crippen LogP contribution in [0.1, 0.15) is 69.6 Å². The third-order valence-corrected chi connectivity index (χ3v) is 4.43. The van der Waals surface area contributed by atoms with Crippen LogP contribution in [0, 0.1) is 5.92 Å². The Hall–Kier alpha value is -1.02. The van der Waals surface area contributed by atoms with Crippen LogP contribution in [0.5, 0.6) is 5.75 Å². The molecule has 0 saturated carbocycles. The van der Waals surface area contributed by atoms with Crippen molar-refractivity contribution in [2.45, 2.75) is 64.9 Å². The van der Waals surface area contributed by atoms with Gasteiger partial charge in [-0.3, -0.25) is 0 Å². The second-order valence-corrected chi connectivity index (χ2v) is 6.00. The third kappa shape index (κ3) is 3.99. The van der Waals surface area contributed by atoms with E-state index < -0.39 is 0 Å². The topological polar surface area (TPSA) is 29.5 Å². The highest BCUT2D eigenvalue weighted by Gasteiger charge is 2.18. The van der Waals surface area contributed by atoms with Crippen molar-refractivity contribution in [3.63, 3.8) is 0 Å². The van der Waals surface area contributed by atoms with E-state index in [4.69, 9.17) is 4.74 Å². The van der Waals surface area contributed by atoms with Crippen LogP contribution < -0.4 is 4.74 Å². The molecule has 2 atom stereocenters. The number of aliphatic hydroxyl groups excluding tert-OH is 1. The average molecular weight is 276 g/mol. The van der Waals surface area contributed by atoms with Crippen LogP contribution in [-0.2, 0) is 6.42 Å². The molecule has 2 unspecified atom stereocenters. The van der Waals surface area contributed by atoms with Crippen molar-refractivity contribution < 1.29 is 9.84 Å². The maximum Gasteiger partial charge on any atom is 0.119 e. The van der Waals surface area contributed by atoms with E-state index in [0.29, 0.717) is 5.92 Å². The fourth-order valence-corrected chi connectivity index (χ4v) is 2.95. The van der Waals surface area contributed by atoms with E-state index in [-0.39, 0.29) is 6.10 Å². The average Bonchev–Trinajstić information content (AvgIpc) is 2.48. The minimum Gasteiger partial charge on any atom is -0.493 e. The molecule has 20 heavy (non-hydrogen) atoms. The summed E-state index contributed by atoms with van der Waals surface area (Å²) in [4.78, 5) is 0. The summed E-state index contributed by atoms with van der Waals surface area (Å²) in [6.45, 7) is 5.27. The summed E-state index contributed by atoms with van der Waals surface area (Å²) in [6.07, 6.45) is 7.71. The second-order valence-electron chi connectivity index (χ2n) is 6.00. The Bertz CT molecular complexity index is 414. The van der Waals surface area contributed by atoms with Crippen molar-refractivity contribution in [2.75, 3.05) is 6.61 Å². The van der Waals surface area contributed by atoms with Gasteiger partial charge in [0.15, 0.2) is 0 Å². The zero-order valence-electron chi connectivity index (χ0n) is 12.9. The molecule has 0 bridgehead atoms. The molecular formula is C18H28O2. The van der Waals surface area contributed by atoms with E-state index in [2.05, 4.69) is 26.0 Å². The Morgan fingerprint density at radius 2 is 2.20 bits per heavy atom. The smallest absolute Gasteiger partial charge is 0.119 e. The van der Waals surface area contributed by atoms with Crippen molar-refractivity contribution in [1.82, 2.24) is 0 Å². The summed E-state index contributed by atoms with van der Waals surface area (Å²) in [5.74, 6) is 1.57. The highest BCUT2D eigenvalue weighted by Crippen LogP contribution is 2.32. The molecule has 0 spiro atoms. The largest absolute Gasteiger partial charge is 0.493 e. The van der Waals surface area contributed by atoms with Gasteiger partial charge in [0.25, 0.3) is 0 Å². The summed E-state index contributed by atoms with van der Waals surface area (Å²) in [7, 11) is 0. The van der Waals surface area contributed by atoms with Gasteiger partial charge >= 0.3 is 0 Å². The van der Waals surface area contributed by atoms with Gasteiger partial charge < -0.3 is 9.84 Å². The van der Waals surface area contributed by atoms with Gasteiger partial charge in [0.05, 0.1) is 12.7 Å². The first kappa shape index (κ1) is 15.4. The second kappa shape index (κ2) is 7.68. The van der Waals surface area contributed by atoms with Crippen LogP contribution in [0.3, 0.4) is 0 Å². The molecule has 112 valence electrons. The van der Waals surface area contributed by atoms with Crippen molar-refractivity contribution in [1.29, 1.82) is 0 Å². The summed E-state index contributed by atoms with van der Waals surface area (Å²) in [5.41, 5.74) is 2.37. The first-order valence-electron chi connectivity index (χ1n) is 8.18. The number of hydrogen-bond donors (Lipinski definition) is 1. The van der Waals surface area contributed by atoms with E-state index in [0.717, 1.165) is 37.2 Å². The quantitative estimate of drug-likeness (QED) is 0.785. The summed E-state index contributed by atoms with van der Waals surface area (Å²) in [6, 6.07) is 6.23. The molecule has 0 aliphatic heterocycles. The molecule has 2 rings (SSSR count). The van der Waals surface area contributed by atoms with Crippen LogP contribution >= 0.6 is 0 Å². The van der Waals surface area contributed by atoms with Crippen molar-refractivity contribution in [3.05, 3.63) is 29.3 Å². The Labute approximate surface area is 123 Å². The number of unbranched alkanes of at least 4 members (excludes halogenated alkanes) is 1. The molecule has 1 aliphatic rings. The lowest BCUT2D eigenvalue weighted by molar-refractivity contribution is 0.155. The third-order valence-electron chi connectivity index (χ3n) is 4.43. The van der Waals surface area contributed by atoms with Crippen molar-refractivity contribution in [3.8, 4) is 5.75 Å². The molecule has 1 aliphatic carbocycles. The number of benzene rings is 1. The molecule has 1 N–H and O–H groups in total. The standard InChI is InChI=1S/C18H28O2/c1-3-5-7-14(4-2)13-20-16-11-10-15-8-6-9-18(19)17(15)12-16/h10-12,14,18-19H,3-9,13H2,1-2H3. The van der Waals surface area contributed by atoms with Crippen molar-refractivity contribution in [2.24, 2.45) is 5.92 Å². The highest BCUT2D eigenvalue weighted by atomic mass is 16.5. The maximum atomic E-state index is 10.1. The summed E-state index contributed by atoms with van der Waals surface area (Å²) >= 11 is 0. The van der Waals surface area contributed by atoms with Gasteiger partial charge in [-0.1, -0.05) is 39.2 Å². The molecule has 2 heteroatoms.